The van der Waals surface area contributed by atoms with Crippen molar-refractivity contribution in [2.24, 2.45) is 5.92 Å². The molecule has 3 saturated heterocycles. The van der Waals surface area contributed by atoms with Crippen LogP contribution < -0.4 is 10.8 Å². The highest BCUT2D eigenvalue weighted by atomic mass is 32.3. The van der Waals surface area contributed by atoms with E-state index in [1.54, 1.807) is 0 Å². The van der Waals surface area contributed by atoms with E-state index in [4.69, 9.17) is 9.39 Å². The zero-order chi connectivity index (χ0) is 17.3. The molecule has 0 unspecified atom stereocenters. The topological polar surface area (TPSA) is 138 Å². The maximum absolute atomic E-state index is 12.2. The van der Waals surface area contributed by atoms with Crippen LogP contribution >= 0.6 is 0 Å². The van der Waals surface area contributed by atoms with Gasteiger partial charge >= 0.3 is 16.4 Å². The van der Waals surface area contributed by atoms with Crippen LogP contribution in [-0.4, -0.2) is 73.2 Å². The van der Waals surface area contributed by atoms with Gasteiger partial charge in [0.1, 0.15) is 6.04 Å². The first-order valence-electron chi connectivity index (χ1n) is 7.74. The first kappa shape index (κ1) is 17.4. The molecule has 3 aliphatic heterocycles. The van der Waals surface area contributed by atoms with Crippen molar-refractivity contribution < 1.29 is 31.7 Å². The zero-order valence-corrected chi connectivity index (χ0v) is 13.7. The van der Waals surface area contributed by atoms with Gasteiger partial charge in [0, 0.05) is 13.1 Å². The summed E-state index contributed by atoms with van der Waals surface area (Å²) in [7, 11) is -4.79. The molecule has 3 rings (SSSR count). The van der Waals surface area contributed by atoms with Gasteiger partial charge in [0.05, 0.1) is 12.6 Å². The van der Waals surface area contributed by atoms with E-state index >= 15 is 0 Å². The second kappa shape index (κ2) is 6.80. The molecule has 3 fully saturated rings. The molecule has 12 heteroatoms. The Morgan fingerprint density at radius 1 is 1.38 bits per heavy atom. The van der Waals surface area contributed by atoms with Gasteiger partial charge in [-0.15, -0.1) is 4.28 Å². The Labute approximate surface area is 139 Å². The van der Waals surface area contributed by atoms with Crippen molar-refractivity contribution in [3.8, 4) is 0 Å². The third-order valence-corrected chi connectivity index (χ3v) is 4.80. The van der Waals surface area contributed by atoms with Crippen molar-refractivity contribution in [3.63, 3.8) is 0 Å². The smallest absolute Gasteiger partial charge is 0.316 e. The highest BCUT2D eigenvalue weighted by Crippen LogP contribution is 2.30. The number of fused-ring (bicyclic) bond motifs is 2. The Balaban J connectivity index is 1.54. The van der Waals surface area contributed by atoms with Crippen LogP contribution in [0.3, 0.4) is 0 Å². The second-order valence-corrected chi connectivity index (χ2v) is 7.15. The van der Waals surface area contributed by atoms with E-state index in [0.717, 1.165) is 19.5 Å². The first-order chi connectivity index (χ1) is 11.3. The van der Waals surface area contributed by atoms with Gasteiger partial charge in [-0.05, 0) is 31.7 Å². The van der Waals surface area contributed by atoms with Crippen LogP contribution in [0.2, 0.25) is 0 Å². The largest absolute Gasteiger partial charge is 0.418 e. The summed E-state index contributed by atoms with van der Waals surface area (Å²) in [5.41, 5.74) is 2.36. The van der Waals surface area contributed by atoms with Crippen molar-refractivity contribution in [1.29, 1.82) is 0 Å². The molecule has 24 heavy (non-hydrogen) atoms. The fourth-order valence-corrected chi connectivity index (χ4v) is 3.65. The van der Waals surface area contributed by atoms with Gasteiger partial charge in [0.15, 0.2) is 0 Å². The number of hydrogen-bond acceptors (Lipinski definition) is 7. The molecule has 0 spiro atoms. The molecule has 0 aromatic rings. The van der Waals surface area contributed by atoms with Crippen LogP contribution in [0, 0.1) is 5.92 Å². The van der Waals surface area contributed by atoms with Gasteiger partial charge in [0.25, 0.3) is 5.91 Å². The summed E-state index contributed by atoms with van der Waals surface area (Å²) in [6, 6.07) is -2.05. The maximum Gasteiger partial charge on any atom is 0.418 e. The van der Waals surface area contributed by atoms with E-state index in [9.17, 15) is 18.0 Å². The first-order valence-corrected chi connectivity index (χ1v) is 9.11. The van der Waals surface area contributed by atoms with Crippen molar-refractivity contribution >= 4 is 22.3 Å². The molecule has 2 bridgehead atoms. The molecule has 3 N–H and O–H groups in total. The standard InChI is InChI=1S/C12H20N4O7S/c17-11(14-22-7-8-3-4-13-5-8)10-2-1-9-6-15(10)12(18)16(9)23-24(19,20)21/h8-10,13H,1-7H2,(H,14,17)(H,19,20,21)/t8-,9-,10+/m1/s1. The molecule has 0 aromatic heterocycles. The predicted octanol–water partition coefficient (Wildman–Crippen LogP) is -1.35. The van der Waals surface area contributed by atoms with Gasteiger partial charge in [-0.25, -0.2) is 10.3 Å². The maximum atomic E-state index is 12.2. The van der Waals surface area contributed by atoms with Crippen molar-refractivity contribution in [3.05, 3.63) is 0 Å². The lowest BCUT2D eigenvalue weighted by Gasteiger charge is -2.29. The van der Waals surface area contributed by atoms with Gasteiger partial charge in [-0.3, -0.25) is 14.2 Å². The minimum Gasteiger partial charge on any atom is -0.316 e. The summed E-state index contributed by atoms with van der Waals surface area (Å²) in [6.45, 7) is 2.31. The second-order valence-electron chi connectivity index (χ2n) is 6.15. The van der Waals surface area contributed by atoms with E-state index in [0.29, 0.717) is 30.4 Å². The Morgan fingerprint density at radius 3 is 2.83 bits per heavy atom. The lowest BCUT2D eigenvalue weighted by Crippen LogP contribution is -2.50. The van der Waals surface area contributed by atoms with Crippen molar-refractivity contribution in [1.82, 2.24) is 20.8 Å². The summed E-state index contributed by atoms with van der Waals surface area (Å²) in [5, 5.41) is 3.80. The van der Waals surface area contributed by atoms with E-state index in [-0.39, 0.29) is 6.54 Å². The summed E-state index contributed by atoms with van der Waals surface area (Å²) in [4.78, 5) is 30.9. The Bertz CT molecular complexity index is 607. The van der Waals surface area contributed by atoms with Crippen LogP contribution in [0.25, 0.3) is 0 Å². The minimum absolute atomic E-state index is 0.152. The van der Waals surface area contributed by atoms with Gasteiger partial charge in [0.2, 0.25) is 0 Å². The predicted molar refractivity (Wildman–Crippen MR) is 78.5 cm³/mol. The summed E-state index contributed by atoms with van der Waals surface area (Å²) in [5.74, 6) is -0.116. The number of carbonyl (C=O) groups excluding carboxylic acids is 2. The molecule has 136 valence electrons. The lowest BCUT2D eigenvalue weighted by molar-refractivity contribution is -0.139. The van der Waals surface area contributed by atoms with E-state index in [1.165, 1.54) is 4.90 Å². The number of nitrogens with zero attached hydrogens (tertiary/aromatic N) is 2. The van der Waals surface area contributed by atoms with Crippen LogP contribution in [0.15, 0.2) is 0 Å². The lowest BCUT2D eigenvalue weighted by atomic mass is 10.0. The van der Waals surface area contributed by atoms with Crippen LogP contribution in [-0.2, 0) is 24.3 Å². The molecule has 0 aliphatic carbocycles. The quantitative estimate of drug-likeness (QED) is 0.388. The number of rotatable bonds is 6. The molecular weight excluding hydrogens is 344 g/mol. The minimum atomic E-state index is -4.79. The summed E-state index contributed by atoms with van der Waals surface area (Å²) < 4.78 is 34.7. The van der Waals surface area contributed by atoms with Gasteiger partial charge in [-0.1, -0.05) is 0 Å². The molecule has 3 amide bonds. The fourth-order valence-electron chi connectivity index (χ4n) is 3.26. The molecule has 11 nitrogen and oxygen atoms in total. The molecule has 3 aliphatic rings. The number of nitrogens with one attached hydrogen (secondary N) is 2. The Hall–Kier alpha value is -1.47. The number of carbonyl (C=O) groups is 2. The molecular formula is C12H20N4O7S. The molecule has 0 radical (unpaired) electrons. The third-order valence-electron chi connectivity index (χ3n) is 4.45. The SMILES string of the molecule is O=C(NOC[C@@H]1CCNC1)[C@@H]1CC[C@@H]2CN1C(=O)N2OS(=O)(=O)O. The average molecular weight is 364 g/mol. The average Bonchev–Trinajstić information content (AvgIpc) is 3.10. The van der Waals surface area contributed by atoms with Crippen LogP contribution in [0.4, 0.5) is 4.79 Å². The van der Waals surface area contributed by atoms with Crippen LogP contribution in [0.1, 0.15) is 19.3 Å². The van der Waals surface area contributed by atoms with E-state index in [1.807, 2.05) is 0 Å². The highest BCUT2D eigenvalue weighted by Gasteiger charge is 2.49. The molecule has 0 saturated carbocycles. The van der Waals surface area contributed by atoms with Gasteiger partial charge in [-0.2, -0.15) is 13.5 Å². The molecule has 0 aromatic carbocycles. The number of piperidine rings is 1. The monoisotopic (exact) mass is 364 g/mol. The van der Waals surface area contributed by atoms with E-state index < -0.39 is 34.4 Å². The number of urea groups is 1. The van der Waals surface area contributed by atoms with E-state index in [2.05, 4.69) is 15.1 Å². The molecule has 3 heterocycles. The molecule has 3 atom stereocenters. The summed E-state index contributed by atoms with van der Waals surface area (Å²) in [6.07, 6.45) is 1.71. The zero-order valence-electron chi connectivity index (χ0n) is 12.9. The van der Waals surface area contributed by atoms with Crippen molar-refractivity contribution in [2.75, 3.05) is 26.2 Å². The fraction of sp³-hybridized carbons (Fsp3) is 0.833. The third kappa shape index (κ3) is 3.78. The Kier molecular flexibility index (Phi) is 4.92. The number of amides is 3. The Morgan fingerprint density at radius 2 is 2.17 bits per heavy atom. The highest BCUT2D eigenvalue weighted by molar-refractivity contribution is 7.80. The van der Waals surface area contributed by atoms with Gasteiger partial charge < -0.3 is 10.2 Å². The van der Waals surface area contributed by atoms with Crippen molar-refractivity contribution in [2.45, 2.75) is 31.3 Å². The normalized spacial score (nSPS) is 30.0. The van der Waals surface area contributed by atoms with Crippen LogP contribution in [0.5, 0.6) is 0 Å². The number of hydrogen-bond donors (Lipinski definition) is 3. The summed E-state index contributed by atoms with van der Waals surface area (Å²) >= 11 is 0. The number of hydroxylamine groups is 3.